The highest BCUT2D eigenvalue weighted by Crippen LogP contribution is 2.19. The van der Waals surface area contributed by atoms with Crippen LogP contribution in [0.25, 0.3) is 0 Å². The summed E-state index contributed by atoms with van der Waals surface area (Å²) in [7, 11) is 0.304. The van der Waals surface area contributed by atoms with Crippen LogP contribution >= 0.6 is 0 Å². The molecule has 0 N–H and O–H groups in total. The zero-order valence-corrected chi connectivity index (χ0v) is 13.0. The largest absolute Gasteiger partial charge is 0.383 e. The number of carbonyl (C=O) groups is 1. The first kappa shape index (κ1) is 16.2. The number of sulfonamides is 1. The standard InChI is InChI=1S/C14H20N2O3S/c1-5-16(20(4,18)19)13-8-6-7-12(11-13)14(17)9-10-15(2)3/h6-11H,5H2,1-4H3/b10-9+. The Labute approximate surface area is 120 Å². The second kappa shape index (κ2) is 6.56. The average molecular weight is 296 g/mol. The van der Waals surface area contributed by atoms with Crippen LogP contribution in [-0.2, 0) is 10.0 Å². The van der Waals surface area contributed by atoms with Crippen molar-refractivity contribution in [3.63, 3.8) is 0 Å². The average Bonchev–Trinajstić information content (AvgIpc) is 2.35. The minimum absolute atomic E-state index is 0.162. The molecule has 0 aliphatic rings. The fourth-order valence-electron chi connectivity index (χ4n) is 1.74. The third-order valence-electron chi connectivity index (χ3n) is 2.63. The summed E-state index contributed by atoms with van der Waals surface area (Å²) in [5.74, 6) is -0.162. The van der Waals surface area contributed by atoms with Gasteiger partial charge in [0.25, 0.3) is 0 Å². The summed E-state index contributed by atoms with van der Waals surface area (Å²) in [6, 6.07) is 6.62. The van der Waals surface area contributed by atoms with Crippen LogP contribution in [0.4, 0.5) is 5.69 Å². The van der Waals surface area contributed by atoms with Gasteiger partial charge < -0.3 is 4.90 Å². The van der Waals surface area contributed by atoms with E-state index in [1.807, 2.05) is 14.1 Å². The predicted octanol–water partition coefficient (Wildman–Crippen LogP) is 1.73. The molecule has 0 heterocycles. The molecule has 0 atom stereocenters. The van der Waals surface area contributed by atoms with Crippen molar-refractivity contribution >= 4 is 21.5 Å². The summed E-state index contributed by atoms with van der Waals surface area (Å²) >= 11 is 0. The Hall–Kier alpha value is -1.82. The summed E-state index contributed by atoms with van der Waals surface area (Å²) in [6.45, 7) is 2.07. The fraction of sp³-hybridized carbons (Fsp3) is 0.357. The SMILES string of the molecule is CCN(c1cccc(C(=O)/C=C/N(C)C)c1)S(C)(=O)=O. The predicted molar refractivity (Wildman–Crippen MR) is 81.5 cm³/mol. The molecule has 1 aromatic rings. The van der Waals surface area contributed by atoms with Crippen LogP contribution in [0.5, 0.6) is 0 Å². The van der Waals surface area contributed by atoms with Gasteiger partial charge in [-0.1, -0.05) is 12.1 Å². The van der Waals surface area contributed by atoms with E-state index in [-0.39, 0.29) is 5.78 Å². The quantitative estimate of drug-likeness (QED) is 0.592. The van der Waals surface area contributed by atoms with E-state index in [9.17, 15) is 13.2 Å². The molecule has 0 aliphatic heterocycles. The number of anilines is 1. The summed E-state index contributed by atoms with van der Waals surface area (Å²) in [4.78, 5) is 13.7. The molecule has 110 valence electrons. The summed E-state index contributed by atoms with van der Waals surface area (Å²) < 4.78 is 24.6. The Morgan fingerprint density at radius 3 is 2.45 bits per heavy atom. The van der Waals surface area contributed by atoms with Gasteiger partial charge in [0, 0.05) is 38.5 Å². The smallest absolute Gasteiger partial charge is 0.232 e. The van der Waals surface area contributed by atoms with Crippen LogP contribution in [0, 0.1) is 0 Å². The van der Waals surface area contributed by atoms with Crippen molar-refractivity contribution in [3.8, 4) is 0 Å². The zero-order valence-electron chi connectivity index (χ0n) is 12.2. The van der Waals surface area contributed by atoms with E-state index < -0.39 is 10.0 Å². The molecule has 0 radical (unpaired) electrons. The number of ketones is 1. The van der Waals surface area contributed by atoms with Gasteiger partial charge in [-0.25, -0.2) is 8.42 Å². The van der Waals surface area contributed by atoms with E-state index in [0.717, 1.165) is 6.26 Å². The minimum Gasteiger partial charge on any atom is -0.383 e. The Bertz CT molecular complexity index is 607. The highest BCUT2D eigenvalue weighted by molar-refractivity contribution is 7.92. The zero-order chi connectivity index (χ0) is 15.3. The molecule has 0 fully saturated rings. The van der Waals surface area contributed by atoms with Crippen LogP contribution in [0.3, 0.4) is 0 Å². The van der Waals surface area contributed by atoms with E-state index >= 15 is 0 Å². The molecular weight excluding hydrogens is 276 g/mol. The van der Waals surface area contributed by atoms with E-state index in [2.05, 4.69) is 0 Å². The van der Waals surface area contributed by atoms with Crippen LogP contribution in [0.15, 0.2) is 36.5 Å². The van der Waals surface area contributed by atoms with Crippen LogP contribution < -0.4 is 4.31 Å². The number of carbonyl (C=O) groups excluding carboxylic acids is 1. The number of hydrogen-bond donors (Lipinski definition) is 0. The molecule has 0 unspecified atom stereocenters. The molecule has 1 aromatic carbocycles. The molecule has 0 aromatic heterocycles. The van der Waals surface area contributed by atoms with Gasteiger partial charge in [-0.05, 0) is 19.1 Å². The van der Waals surface area contributed by atoms with Crippen molar-refractivity contribution in [3.05, 3.63) is 42.1 Å². The first-order chi connectivity index (χ1) is 9.25. The maximum atomic E-state index is 12.0. The molecule has 6 heteroatoms. The molecule has 0 saturated heterocycles. The van der Waals surface area contributed by atoms with Crippen molar-refractivity contribution in [1.29, 1.82) is 0 Å². The molecule has 0 bridgehead atoms. The van der Waals surface area contributed by atoms with Crippen molar-refractivity contribution in [2.45, 2.75) is 6.92 Å². The van der Waals surface area contributed by atoms with Gasteiger partial charge in [0.2, 0.25) is 10.0 Å². The Kier molecular flexibility index (Phi) is 5.33. The molecular formula is C14H20N2O3S. The van der Waals surface area contributed by atoms with Gasteiger partial charge in [-0.15, -0.1) is 0 Å². The number of hydrogen-bond acceptors (Lipinski definition) is 4. The second-order valence-corrected chi connectivity index (χ2v) is 6.53. The van der Waals surface area contributed by atoms with Crippen LogP contribution in [0.2, 0.25) is 0 Å². The second-order valence-electron chi connectivity index (χ2n) is 4.62. The monoisotopic (exact) mass is 296 g/mol. The molecule has 0 spiro atoms. The van der Waals surface area contributed by atoms with Crippen LogP contribution in [-0.4, -0.2) is 46.0 Å². The topological polar surface area (TPSA) is 57.7 Å². The fourth-order valence-corrected chi connectivity index (χ4v) is 2.70. The molecule has 5 nitrogen and oxygen atoms in total. The Morgan fingerprint density at radius 2 is 1.95 bits per heavy atom. The number of benzene rings is 1. The third-order valence-corrected chi connectivity index (χ3v) is 3.90. The lowest BCUT2D eigenvalue weighted by atomic mass is 10.1. The molecule has 1 rings (SSSR count). The lowest BCUT2D eigenvalue weighted by molar-refractivity contribution is 0.104. The number of rotatable bonds is 6. The number of allylic oxidation sites excluding steroid dienone is 1. The minimum atomic E-state index is -3.34. The first-order valence-corrected chi connectivity index (χ1v) is 8.07. The number of nitrogens with zero attached hydrogens (tertiary/aromatic N) is 2. The van der Waals surface area contributed by atoms with E-state index in [1.54, 1.807) is 42.3 Å². The highest BCUT2D eigenvalue weighted by Gasteiger charge is 2.16. The lowest BCUT2D eigenvalue weighted by Crippen LogP contribution is -2.29. The Balaban J connectivity index is 3.10. The third kappa shape index (κ3) is 4.38. The molecule has 0 aliphatic carbocycles. The highest BCUT2D eigenvalue weighted by atomic mass is 32.2. The lowest BCUT2D eigenvalue weighted by Gasteiger charge is -2.20. The van der Waals surface area contributed by atoms with E-state index in [1.165, 1.54) is 10.4 Å². The van der Waals surface area contributed by atoms with E-state index in [0.29, 0.717) is 17.8 Å². The van der Waals surface area contributed by atoms with Gasteiger partial charge in [0.1, 0.15) is 0 Å². The molecule has 20 heavy (non-hydrogen) atoms. The first-order valence-electron chi connectivity index (χ1n) is 6.22. The van der Waals surface area contributed by atoms with Gasteiger partial charge in [-0.2, -0.15) is 0 Å². The Morgan fingerprint density at radius 1 is 1.30 bits per heavy atom. The maximum Gasteiger partial charge on any atom is 0.232 e. The summed E-state index contributed by atoms with van der Waals surface area (Å²) in [5, 5.41) is 0. The van der Waals surface area contributed by atoms with E-state index in [4.69, 9.17) is 0 Å². The van der Waals surface area contributed by atoms with Gasteiger partial charge in [0.05, 0.1) is 11.9 Å². The van der Waals surface area contributed by atoms with Crippen molar-refractivity contribution < 1.29 is 13.2 Å². The summed E-state index contributed by atoms with van der Waals surface area (Å²) in [5.41, 5.74) is 0.960. The normalized spacial score (nSPS) is 11.6. The van der Waals surface area contributed by atoms with Crippen molar-refractivity contribution in [1.82, 2.24) is 4.90 Å². The van der Waals surface area contributed by atoms with Gasteiger partial charge in [0.15, 0.2) is 5.78 Å². The van der Waals surface area contributed by atoms with Crippen molar-refractivity contribution in [2.75, 3.05) is 31.2 Å². The van der Waals surface area contributed by atoms with Gasteiger partial charge in [-0.3, -0.25) is 9.10 Å². The van der Waals surface area contributed by atoms with Gasteiger partial charge >= 0.3 is 0 Å². The maximum absolute atomic E-state index is 12.0. The van der Waals surface area contributed by atoms with Crippen molar-refractivity contribution in [2.24, 2.45) is 0 Å². The van der Waals surface area contributed by atoms with Crippen LogP contribution in [0.1, 0.15) is 17.3 Å². The molecule has 0 saturated carbocycles. The molecule has 0 amide bonds. The summed E-state index contributed by atoms with van der Waals surface area (Å²) in [6.07, 6.45) is 4.26.